The molecule has 40 heavy (non-hydrogen) atoms. The summed E-state index contributed by atoms with van der Waals surface area (Å²) >= 11 is 0. The smallest absolute Gasteiger partial charge is 0.128 e. The fourth-order valence-electron chi connectivity index (χ4n) is 4.89. The SMILES string of the molecule is CC(CO)CN=CC(=CN)c1cc(-c2ccc(N3CCN(Cc4ccccc4)CC3)nc2)c2c(C#N)cnn2c1. The molecule has 0 radical (unpaired) electrons. The van der Waals surface area contributed by atoms with Crippen molar-refractivity contribution in [2.45, 2.75) is 13.5 Å². The second-order valence-electron chi connectivity index (χ2n) is 10.2. The number of aliphatic imine (C=N–C) groups is 1. The van der Waals surface area contributed by atoms with E-state index in [9.17, 15) is 10.4 Å². The van der Waals surface area contributed by atoms with E-state index in [-0.39, 0.29) is 12.5 Å². The maximum atomic E-state index is 9.74. The van der Waals surface area contributed by atoms with E-state index in [0.29, 0.717) is 12.1 Å². The average Bonchev–Trinajstić information content (AvgIpc) is 3.43. The third-order valence-corrected chi connectivity index (χ3v) is 7.21. The summed E-state index contributed by atoms with van der Waals surface area (Å²) in [5.41, 5.74) is 11.8. The first-order chi connectivity index (χ1) is 19.6. The third-order valence-electron chi connectivity index (χ3n) is 7.21. The lowest BCUT2D eigenvalue weighted by Gasteiger charge is -2.35. The minimum Gasteiger partial charge on any atom is -0.404 e. The highest BCUT2D eigenvalue weighted by Gasteiger charge is 2.19. The van der Waals surface area contributed by atoms with Gasteiger partial charge in [0, 0.05) is 92.9 Å². The minimum absolute atomic E-state index is 0.0639. The van der Waals surface area contributed by atoms with Gasteiger partial charge in [0.15, 0.2) is 0 Å². The number of pyridine rings is 2. The van der Waals surface area contributed by atoms with E-state index in [4.69, 9.17) is 10.7 Å². The van der Waals surface area contributed by atoms with Gasteiger partial charge < -0.3 is 15.7 Å². The Morgan fingerprint density at radius 3 is 2.62 bits per heavy atom. The summed E-state index contributed by atoms with van der Waals surface area (Å²) in [6.45, 7) is 7.26. The van der Waals surface area contributed by atoms with Crippen molar-refractivity contribution in [1.82, 2.24) is 19.5 Å². The number of allylic oxidation sites excluding steroid dienone is 1. The van der Waals surface area contributed by atoms with Crippen molar-refractivity contribution < 1.29 is 5.11 Å². The first-order valence-electron chi connectivity index (χ1n) is 13.5. The van der Waals surface area contributed by atoms with Gasteiger partial charge in [-0.2, -0.15) is 10.4 Å². The maximum absolute atomic E-state index is 9.74. The zero-order chi connectivity index (χ0) is 27.9. The Labute approximate surface area is 234 Å². The highest BCUT2D eigenvalue weighted by Crippen LogP contribution is 2.31. The van der Waals surface area contributed by atoms with Crippen LogP contribution in [0.1, 0.15) is 23.6 Å². The van der Waals surface area contributed by atoms with Gasteiger partial charge in [-0.1, -0.05) is 37.3 Å². The van der Waals surface area contributed by atoms with Gasteiger partial charge in [0.25, 0.3) is 0 Å². The van der Waals surface area contributed by atoms with Crippen molar-refractivity contribution in [2.24, 2.45) is 16.6 Å². The molecule has 1 aromatic carbocycles. The Morgan fingerprint density at radius 2 is 1.95 bits per heavy atom. The molecule has 9 nitrogen and oxygen atoms in total. The van der Waals surface area contributed by atoms with Crippen molar-refractivity contribution in [3.05, 3.63) is 90.0 Å². The van der Waals surface area contributed by atoms with Crippen LogP contribution in [0.25, 0.3) is 22.2 Å². The number of hydrogen-bond acceptors (Lipinski definition) is 8. The standard InChI is InChI=1S/C31H34N8O/c1-23(22-40)16-34-17-27(14-32)26-13-29(31-28(15-33)19-36-39(31)21-26)25-7-8-30(35-18-25)38-11-9-37(10-12-38)20-24-5-3-2-4-6-24/h2-8,13-14,17-19,21,23,40H,9-12,16,20,22,32H2,1H3. The number of aliphatic hydroxyl groups is 1. The number of nitriles is 1. The average molecular weight is 535 g/mol. The second kappa shape index (κ2) is 12.6. The van der Waals surface area contributed by atoms with Gasteiger partial charge in [-0.25, -0.2) is 9.50 Å². The summed E-state index contributed by atoms with van der Waals surface area (Å²) in [5, 5.41) is 23.4. The van der Waals surface area contributed by atoms with Crippen LogP contribution in [0.2, 0.25) is 0 Å². The van der Waals surface area contributed by atoms with E-state index in [1.807, 2.05) is 31.5 Å². The molecule has 0 aliphatic carbocycles. The van der Waals surface area contributed by atoms with Crippen LogP contribution in [0.3, 0.4) is 0 Å². The first-order valence-corrected chi connectivity index (χ1v) is 13.5. The molecular formula is C31H34N8O. The second-order valence-corrected chi connectivity index (χ2v) is 10.2. The number of aliphatic hydroxyl groups excluding tert-OH is 1. The van der Waals surface area contributed by atoms with Crippen molar-refractivity contribution in [2.75, 3.05) is 44.2 Å². The molecule has 1 aliphatic heterocycles. The van der Waals surface area contributed by atoms with Gasteiger partial charge in [-0.05, 0) is 29.7 Å². The zero-order valence-corrected chi connectivity index (χ0v) is 22.7. The number of hydrogen-bond donors (Lipinski definition) is 2. The summed E-state index contributed by atoms with van der Waals surface area (Å²) in [7, 11) is 0. The molecule has 0 amide bonds. The lowest BCUT2D eigenvalue weighted by Crippen LogP contribution is -2.46. The van der Waals surface area contributed by atoms with Gasteiger partial charge in [0.05, 0.1) is 17.3 Å². The Kier molecular flexibility index (Phi) is 8.50. The molecule has 4 heterocycles. The summed E-state index contributed by atoms with van der Waals surface area (Å²) < 4.78 is 1.71. The van der Waals surface area contributed by atoms with Crippen LogP contribution in [0.5, 0.6) is 0 Å². The molecule has 0 bridgehead atoms. The Bertz CT molecular complexity index is 1530. The fourth-order valence-corrected chi connectivity index (χ4v) is 4.89. The molecule has 1 aliphatic rings. The molecule has 1 fully saturated rings. The van der Waals surface area contributed by atoms with Gasteiger partial charge in [0.2, 0.25) is 0 Å². The van der Waals surface area contributed by atoms with Crippen molar-refractivity contribution in [3.63, 3.8) is 0 Å². The van der Waals surface area contributed by atoms with Gasteiger partial charge in [-0.3, -0.25) is 9.89 Å². The van der Waals surface area contributed by atoms with Gasteiger partial charge >= 0.3 is 0 Å². The number of nitrogens with zero attached hydrogens (tertiary/aromatic N) is 7. The van der Waals surface area contributed by atoms with E-state index in [2.05, 4.69) is 62.4 Å². The number of piperazine rings is 1. The van der Waals surface area contributed by atoms with E-state index in [0.717, 1.165) is 66.3 Å². The summed E-state index contributed by atoms with van der Waals surface area (Å²) in [6.07, 6.45) is 8.50. The van der Waals surface area contributed by atoms with Gasteiger partial charge in [-0.15, -0.1) is 0 Å². The molecule has 4 aromatic rings. The molecule has 1 atom stereocenters. The molecule has 1 unspecified atom stereocenters. The third kappa shape index (κ3) is 6.04. The highest BCUT2D eigenvalue weighted by molar-refractivity contribution is 6.10. The highest BCUT2D eigenvalue weighted by atomic mass is 16.3. The number of benzene rings is 1. The lowest BCUT2D eigenvalue weighted by molar-refractivity contribution is 0.242. The van der Waals surface area contributed by atoms with Crippen molar-refractivity contribution in [1.29, 1.82) is 5.26 Å². The van der Waals surface area contributed by atoms with E-state index in [1.54, 1.807) is 16.9 Å². The molecule has 1 saturated heterocycles. The molecule has 0 saturated carbocycles. The number of aromatic nitrogens is 3. The molecular weight excluding hydrogens is 500 g/mol. The van der Waals surface area contributed by atoms with E-state index in [1.165, 1.54) is 11.8 Å². The van der Waals surface area contributed by atoms with Crippen LogP contribution >= 0.6 is 0 Å². The summed E-state index contributed by atoms with van der Waals surface area (Å²) in [4.78, 5) is 14.1. The van der Waals surface area contributed by atoms with Crippen LogP contribution in [0.4, 0.5) is 5.82 Å². The lowest BCUT2D eigenvalue weighted by atomic mass is 10.0. The maximum Gasteiger partial charge on any atom is 0.128 e. The Hall–Kier alpha value is -4.52. The monoisotopic (exact) mass is 534 g/mol. The Morgan fingerprint density at radius 1 is 1.15 bits per heavy atom. The summed E-state index contributed by atoms with van der Waals surface area (Å²) in [6, 6.07) is 18.9. The number of rotatable bonds is 9. The molecule has 0 spiro atoms. The predicted octanol–water partition coefficient (Wildman–Crippen LogP) is 3.59. The first kappa shape index (κ1) is 27.1. The fraction of sp³-hybridized carbons (Fsp3) is 0.290. The topological polar surface area (TPSA) is 119 Å². The molecule has 9 heteroatoms. The molecule has 204 valence electrons. The largest absolute Gasteiger partial charge is 0.404 e. The van der Waals surface area contributed by atoms with Crippen molar-refractivity contribution in [3.8, 4) is 17.2 Å². The van der Waals surface area contributed by atoms with E-state index < -0.39 is 0 Å². The molecule has 3 aromatic heterocycles. The quantitative estimate of drug-likeness (QED) is 0.315. The van der Waals surface area contributed by atoms with Crippen molar-refractivity contribution >= 4 is 23.1 Å². The van der Waals surface area contributed by atoms with Crippen LogP contribution in [0, 0.1) is 17.2 Å². The van der Waals surface area contributed by atoms with Crippen LogP contribution in [0.15, 0.2) is 78.3 Å². The number of nitrogens with two attached hydrogens (primary N) is 1. The number of fused-ring (bicyclic) bond motifs is 1. The summed E-state index contributed by atoms with van der Waals surface area (Å²) in [5.74, 6) is 1.01. The number of anilines is 1. The normalized spacial score (nSPS) is 15.5. The minimum atomic E-state index is 0.0639. The van der Waals surface area contributed by atoms with Crippen LogP contribution in [-0.4, -0.2) is 70.1 Å². The molecule has 5 rings (SSSR count). The van der Waals surface area contributed by atoms with Gasteiger partial charge in [0.1, 0.15) is 11.9 Å². The van der Waals surface area contributed by atoms with Crippen LogP contribution < -0.4 is 10.6 Å². The van der Waals surface area contributed by atoms with E-state index >= 15 is 0 Å². The zero-order valence-electron chi connectivity index (χ0n) is 22.7. The van der Waals surface area contributed by atoms with Crippen LogP contribution in [-0.2, 0) is 6.54 Å². The predicted molar refractivity (Wildman–Crippen MR) is 159 cm³/mol. The Balaban J connectivity index is 1.37. The molecule has 3 N–H and O–H groups in total.